The minimum atomic E-state index is 0.498. The molecule has 0 amide bonds. The van der Waals surface area contributed by atoms with Gasteiger partial charge in [0.15, 0.2) is 5.96 Å². The van der Waals surface area contributed by atoms with Gasteiger partial charge in [0.05, 0.1) is 17.2 Å². The summed E-state index contributed by atoms with van der Waals surface area (Å²) in [5.41, 5.74) is 1.07. The van der Waals surface area contributed by atoms with Gasteiger partial charge in [-0.05, 0) is 38.5 Å². The van der Waals surface area contributed by atoms with Crippen molar-refractivity contribution in [1.82, 2.24) is 15.6 Å². The van der Waals surface area contributed by atoms with Crippen LogP contribution in [0.15, 0.2) is 10.4 Å². The van der Waals surface area contributed by atoms with Gasteiger partial charge in [-0.1, -0.05) is 20.8 Å². The predicted octanol–water partition coefficient (Wildman–Crippen LogP) is 3.90. The van der Waals surface area contributed by atoms with Gasteiger partial charge >= 0.3 is 0 Å². The van der Waals surface area contributed by atoms with Crippen LogP contribution in [-0.4, -0.2) is 23.5 Å². The zero-order valence-corrected chi connectivity index (χ0v) is 15.2. The first kappa shape index (κ1) is 17.3. The molecule has 0 atom stereocenters. The van der Waals surface area contributed by atoms with Crippen LogP contribution in [0.4, 0.5) is 0 Å². The number of aliphatic imine (C=N–C) groups is 1. The fourth-order valence-corrected chi connectivity index (χ4v) is 3.56. The summed E-state index contributed by atoms with van der Waals surface area (Å²) in [4.78, 5) is 9.36. The lowest BCUT2D eigenvalue weighted by molar-refractivity contribution is 0.329. The first-order chi connectivity index (χ1) is 10.6. The summed E-state index contributed by atoms with van der Waals surface area (Å²) in [6.07, 6.45) is 5.14. The number of aromatic nitrogens is 1. The zero-order valence-electron chi connectivity index (χ0n) is 14.4. The van der Waals surface area contributed by atoms with E-state index in [1.165, 1.54) is 30.7 Å². The van der Waals surface area contributed by atoms with Crippen molar-refractivity contribution in [3.8, 4) is 0 Å². The maximum Gasteiger partial charge on any atom is 0.191 e. The van der Waals surface area contributed by atoms with Crippen molar-refractivity contribution in [2.24, 2.45) is 10.9 Å². The van der Waals surface area contributed by atoms with Crippen LogP contribution >= 0.6 is 11.3 Å². The third-order valence-corrected chi connectivity index (χ3v) is 5.36. The highest BCUT2D eigenvalue weighted by molar-refractivity contribution is 7.09. The molecule has 1 aromatic heterocycles. The van der Waals surface area contributed by atoms with E-state index >= 15 is 0 Å². The molecule has 1 heterocycles. The summed E-state index contributed by atoms with van der Waals surface area (Å²) in [5.74, 6) is 2.31. The van der Waals surface area contributed by atoms with Gasteiger partial charge in [-0.3, -0.25) is 0 Å². The fraction of sp³-hybridized carbons (Fsp3) is 0.765. The standard InChI is InChI=1S/C17H30N4S/c1-5-18-17(21-14-8-6-13(4)7-9-14)19-10-15-11-22-16(20-15)12(2)3/h11-14H,5-10H2,1-4H3,(H2,18,19,21). The van der Waals surface area contributed by atoms with E-state index in [1.807, 2.05) is 0 Å². The third kappa shape index (κ3) is 5.27. The number of thiazole rings is 1. The summed E-state index contributed by atoms with van der Waals surface area (Å²) in [6, 6.07) is 0.565. The van der Waals surface area contributed by atoms with Gasteiger partial charge in [0.1, 0.15) is 0 Å². The van der Waals surface area contributed by atoms with E-state index in [4.69, 9.17) is 4.99 Å². The Morgan fingerprint density at radius 1 is 1.36 bits per heavy atom. The lowest BCUT2D eigenvalue weighted by Gasteiger charge is -2.28. The molecule has 0 bridgehead atoms. The number of guanidine groups is 1. The first-order valence-corrected chi connectivity index (χ1v) is 9.45. The molecule has 124 valence electrons. The van der Waals surface area contributed by atoms with Crippen LogP contribution in [0, 0.1) is 5.92 Å². The van der Waals surface area contributed by atoms with Gasteiger partial charge in [0.25, 0.3) is 0 Å². The third-order valence-electron chi connectivity index (χ3n) is 4.16. The van der Waals surface area contributed by atoms with Crippen LogP contribution in [0.1, 0.15) is 70.0 Å². The molecule has 0 radical (unpaired) electrons. The van der Waals surface area contributed by atoms with Crippen molar-refractivity contribution in [3.05, 3.63) is 16.1 Å². The summed E-state index contributed by atoms with van der Waals surface area (Å²) in [7, 11) is 0. The summed E-state index contributed by atoms with van der Waals surface area (Å²) in [6.45, 7) is 10.4. The Morgan fingerprint density at radius 3 is 2.68 bits per heavy atom. The molecule has 4 nitrogen and oxygen atoms in total. The average Bonchev–Trinajstić information content (AvgIpc) is 2.96. The van der Waals surface area contributed by atoms with Crippen molar-refractivity contribution >= 4 is 17.3 Å². The molecule has 0 unspecified atom stereocenters. The molecule has 1 aromatic rings. The van der Waals surface area contributed by atoms with Crippen molar-refractivity contribution in [2.75, 3.05) is 6.54 Å². The maximum atomic E-state index is 4.71. The smallest absolute Gasteiger partial charge is 0.191 e. The molecule has 1 fully saturated rings. The van der Waals surface area contributed by atoms with Crippen molar-refractivity contribution in [2.45, 2.75) is 71.9 Å². The van der Waals surface area contributed by atoms with E-state index in [0.29, 0.717) is 18.5 Å². The zero-order chi connectivity index (χ0) is 15.9. The quantitative estimate of drug-likeness (QED) is 0.638. The molecule has 5 heteroatoms. The van der Waals surface area contributed by atoms with Crippen LogP contribution < -0.4 is 10.6 Å². The Morgan fingerprint density at radius 2 is 2.09 bits per heavy atom. The first-order valence-electron chi connectivity index (χ1n) is 8.57. The number of nitrogens with zero attached hydrogens (tertiary/aromatic N) is 2. The summed E-state index contributed by atoms with van der Waals surface area (Å²) >= 11 is 1.74. The van der Waals surface area contributed by atoms with E-state index in [-0.39, 0.29) is 0 Å². The largest absolute Gasteiger partial charge is 0.357 e. The molecule has 1 aliphatic rings. The average molecular weight is 323 g/mol. The SMILES string of the molecule is CCNC(=NCc1csc(C(C)C)n1)NC1CCC(C)CC1. The van der Waals surface area contributed by atoms with Crippen molar-refractivity contribution in [1.29, 1.82) is 0 Å². The van der Waals surface area contributed by atoms with E-state index in [9.17, 15) is 0 Å². The summed E-state index contributed by atoms with van der Waals surface area (Å²) < 4.78 is 0. The minimum Gasteiger partial charge on any atom is -0.357 e. The van der Waals surface area contributed by atoms with Gasteiger partial charge in [0, 0.05) is 23.9 Å². The van der Waals surface area contributed by atoms with Crippen LogP contribution in [-0.2, 0) is 6.54 Å². The van der Waals surface area contributed by atoms with Crippen LogP contribution in [0.5, 0.6) is 0 Å². The normalized spacial score (nSPS) is 22.9. The fourth-order valence-electron chi connectivity index (χ4n) is 2.74. The number of hydrogen-bond donors (Lipinski definition) is 2. The van der Waals surface area contributed by atoms with Gasteiger partial charge in [0.2, 0.25) is 0 Å². The highest BCUT2D eigenvalue weighted by Gasteiger charge is 2.18. The van der Waals surface area contributed by atoms with Crippen LogP contribution in [0.25, 0.3) is 0 Å². The van der Waals surface area contributed by atoms with E-state index in [1.54, 1.807) is 11.3 Å². The van der Waals surface area contributed by atoms with Crippen LogP contribution in [0.2, 0.25) is 0 Å². The predicted molar refractivity (Wildman–Crippen MR) is 95.6 cm³/mol. The molecule has 0 aliphatic heterocycles. The minimum absolute atomic E-state index is 0.498. The molecule has 2 N–H and O–H groups in total. The van der Waals surface area contributed by atoms with Gasteiger partial charge in [-0.2, -0.15) is 0 Å². The molecule has 0 aromatic carbocycles. The van der Waals surface area contributed by atoms with Gasteiger partial charge < -0.3 is 10.6 Å². The topological polar surface area (TPSA) is 49.3 Å². The Labute approximate surface area is 138 Å². The molecular weight excluding hydrogens is 292 g/mol. The Kier molecular flexibility index (Phi) is 6.68. The van der Waals surface area contributed by atoms with E-state index < -0.39 is 0 Å². The van der Waals surface area contributed by atoms with E-state index in [2.05, 4.69) is 48.7 Å². The molecular formula is C17H30N4S. The summed E-state index contributed by atoms with van der Waals surface area (Å²) in [5, 5.41) is 10.3. The highest BCUT2D eigenvalue weighted by atomic mass is 32.1. The van der Waals surface area contributed by atoms with Crippen molar-refractivity contribution in [3.63, 3.8) is 0 Å². The second-order valence-electron chi connectivity index (χ2n) is 6.63. The molecule has 0 saturated heterocycles. The number of rotatable bonds is 5. The molecule has 22 heavy (non-hydrogen) atoms. The molecule has 1 saturated carbocycles. The monoisotopic (exact) mass is 322 g/mol. The second-order valence-corrected chi connectivity index (χ2v) is 7.52. The van der Waals surface area contributed by atoms with Crippen LogP contribution in [0.3, 0.4) is 0 Å². The lowest BCUT2D eigenvalue weighted by atomic mass is 9.87. The Balaban J connectivity index is 1.91. The molecule has 2 rings (SSSR count). The van der Waals surface area contributed by atoms with Gasteiger partial charge in [-0.15, -0.1) is 11.3 Å². The number of nitrogens with one attached hydrogen (secondary N) is 2. The second kappa shape index (κ2) is 8.51. The number of hydrogen-bond acceptors (Lipinski definition) is 3. The Bertz CT molecular complexity index is 473. The van der Waals surface area contributed by atoms with Crippen molar-refractivity contribution < 1.29 is 0 Å². The van der Waals surface area contributed by atoms with Gasteiger partial charge in [-0.25, -0.2) is 9.98 Å². The molecule has 0 spiro atoms. The lowest BCUT2D eigenvalue weighted by Crippen LogP contribution is -2.44. The highest BCUT2D eigenvalue weighted by Crippen LogP contribution is 2.23. The maximum absolute atomic E-state index is 4.71. The Hall–Kier alpha value is -1.10. The molecule has 1 aliphatic carbocycles. The van der Waals surface area contributed by atoms with E-state index in [0.717, 1.165) is 24.1 Å².